The summed E-state index contributed by atoms with van der Waals surface area (Å²) in [5.74, 6) is 0.0714. The van der Waals surface area contributed by atoms with Crippen LogP contribution >= 0.6 is 0 Å². The average molecular weight is 307 g/mol. The molecule has 21 heavy (non-hydrogen) atoms. The Labute approximate surface area is 125 Å². The number of hydrogen-bond donors (Lipinski definition) is 1. The second-order valence-corrected chi connectivity index (χ2v) is 8.36. The summed E-state index contributed by atoms with van der Waals surface area (Å²) in [5.41, 5.74) is 2.72. The minimum atomic E-state index is -2.99. The first-order valence-corrected chi connectivity index (χ1v) is 9.43. The van der Waals surface area contributed by atoms with Crippen molar-refractivity contribution in [1.82, 2.24) is 5.32 Å². The zero-order chi connectivity index (χ0) is 14.9. The summed E-state index contributed by atoms with van der Waals surface area (Å²) < 4.78 is 22.9. The van der Waals surface area contributed by atoms with Crippen molar-refractivity contribution in [3.05, 3.63) is 35.4 Å². The number of nitrogens with one attached hydrogen (secondary N) is 1. The van der Waals surface area contributed by atoms with Crippen LogP contribution in [0.5, 0.6) is 0 Å². The Kier molecular flexibility index (Phi) is 4.02. The Hall–Kier alpha value is -1.36. The number of rotatable bonds is 3. The first-order chi connectivity index (χ1) is 10.1. The summed E-state index contributed by atoms with van der Waals surface area (Å²) in [6.45, 7) is 0.617. The van der Waals surface area contributed by atoms with E-state index in [-0.39, 0.29) is 23.3 Å². The van der Waals surface area contributed by atoms with Crippen molar-refractivity contribution in [3.8, 4) is 0 Å². The molecule has 1 amide bonds. The lowest BCUT2D eigenvalue weighted by Crippen LogP contribution is -2.35. The lowest BCUT2D eigenvalue weighted by Gasteiger charge is -2.26. The van der Waals surface area contributed by atoms with E-state index < -0.39 is 9.84 Å². The van der Waals surface area contributed by atoms with E-state index in [2.05, 4.69) is 23.5 Å². The molecule has 1 fully saturated rings. The molecule has 0 spiro atoms. The van der Waals surface area contributed by atoms with E-state index in [4.69, 9.17) is 0 Å². The minimum absolute atomic E-state index is 0.0140. The summed E-state index contributed by atoms with van der Waals surface area (Å²) >= 11 is 0. The highest BCUT2D eigenvalue weighted by Gasteiger charge is 2.33. The zero-order valence-electron chi connectivity index (χ0n) is 12.0. The number of amides is 1. The van der Waals surface area contributed by atoms with Crippen molar-refractivity contribution in [2.45, 2.75) is 31.6 Å². The van der Waals surface area contributed by atoms with Gasteiger partial charge < -0.3 is 5.32 Å². The van der Waals surface area contributed by atoms with Gasteiger partial charge in [-0.1, -0.05) is 24.3 Å². The molecule has 1 saturated heterocycles. The van der Waals surface area contributed by atoms with Crippen LogP contribution in [0.25, 0.3) is 0 Å². The maximum absolute atomic E-state index is 12.1. The molecule has 4 nitrogen and oxygen atoms in total. The summed E-state index contributed by atoms with van der Waals surface area (Å²) in [7, 11) is -2.99. The van der Waals surface area contributed by atoms with E-state index in [9.17, 15) is 13.2 Å². The van der Waals surface area contributed by atoms with Crippen LogP contribution in [0.2, 0.25) is 0 Å². The molecule has 2 atom stereocenters. The zero-order valence-corrected chi connectivity index (χ0v) is 12.9. The fraction of sp³-hybridized carbons (Fsp3) is 0.562. The van der Waals surface area contributed by atoms with Gasteiger partial charge in [0.05, 0.1) is 17.4 Å². The van der Waals surface area contributed by atoms with Gasteiger partial charge in [0.25, 0.3) is 0 Å². The van der Waals surface area contributed by atoms with E-state index in [1.54, 1.807) is 0 Å². The summed E-state index contributed by atoms with van der Waals surface area (Å²) in [6.07, 6.45) is 3.81. The minimum Gasteiger partial charge on any atom is -0.355 e. The number of fused-ring (bicyclic) bond motifs is 1. The van der Waals surface area contributed by atoms with Crippen LogP contribution in [0.3, 0.4) is 0 Å². The van der Waals surface area contributed by atoms with E-state index >= 15 is 0 Å². The van der Waals surface area contributed by atoms with Gasteiger partial charge in [0, 0.05) is 12.5 Å². The highest BCUT2D eigenvalue weighted by atomic mass is 32.2. The quantitative estimate of drug-likeness (QED) is 0.923. The van der Waals surface area contributed by atoms with E-state index in [1.807, 2.05) is 6.07 Å². The Morgan fingerprint density at radius 3 is 2.81 bits per heavy atom. The first kappa shape index (κ1) is 14.6. The van der Waals surface area contributed by atoms with Gasteiger partial charge in [0.15, 0.2) is 9.84 Å². The van der Waals surface area contributed by atoms with Gasteiger partial charge in [-0.25, -0.2) is 8.42 Å². The summed E-state index contributed by atoms with van der Waals surface area (Å²) in [4.78, 5) is 12.1. The fourth-order valence-electron chi connectivity index (χ4n) is 3.44. The molecule has 0 unspecified atom stereocenters. The third-order valence-electron chi connectivity index (χ3n) is 4.62. The van der Waals surface area contributed by atoms with Crippen LogP contribution in [0.15, 0.2) is 24.3 Å². The molecule has 114 valence electrons. The van der Waals surface area contributed by atoms with Gasteiger partial charge in [-0.2, -0.15) is 0 Å². The van der Waals surface area contributed by atoms with Crippen molar-refractivity contribution < 1.29 is 13.2 Å². The molecule has 5 heteroatoms. The largest absolute Gasteiger partial charge is 0.355 e. The summed E-state index contributed by atoms with van der Waals surface area (Å²) in [5, 5.41) is 2.97. The molecule has 0 saturated carbocycles. The predicted molar refractivity (Wildman–Crippen MR) is 81.9 cm³/mol. The predicted octanol–water partition coefficient (Wildman–Crippen LogP) is 1.66. The van der Waals surface area contributed by atoms with Gasteiger partial charge >= 0.3 is 0 Å². The lowest BCUT2D eigenvalue weighted by atomic mass is 9.83. The standard InChI is InChI=1S/C16H21NO3S/c18-16(14-8-9-21(19,20)11-14)17-10-13-6-3-5-12-4-1-2-7-15(12)13/h1-2,4,7,13-14H,3,5-6,8-11H2,(H,17,18)/t13-,14-/m1/s1. The fourth-order valence-corrected chi connectivity index (χ4v) is 5.18. The molecule has 0 bridgehead atoms. The number of sulfone groups is 1. The second kappa shape index (κ2) is 5.79. The molecular formula is C16H21NO3S. The molecule has 0 radical (unpaired) electrons. The van der Waals surface area contributed by atoms with Crippen molar-refractivity contribution in [2.75, 3.05) is 18.1 Å². The molecule has 1 aromatic carbocycles. The molecule has 3 rings (SSSR count). The van der Waals surface area contributed by atoms with Crippen LogP contribution in [-0.4, -0.2) is 32.4 Å². The smallest absolute Gasteiger partial charge is 0.224 e. The van der Waals surface area contributed by atoms with Gasteiger partial charge in [-0.3, -0.25) is 4.79 Å². The van der Waals surface area contributed by atoms with Crippen LogP contribution in [-0.2, 0) is 21.1 Å². The van der Waals surface area contributed by atoms with Crippen LogP contribution in [0.1, 0.15) is 36.3 Å². The van der Waals surface area contributed by atoms with E-state index in [0.29, 0.717) is 18.9 Å². The molecule has 1 aliphatic heterocycles. The van der Waals surface area contributed by atoms with Crippen molar-refractivity contribution in [2.24, 2.45) is 5.92 Å². The van der Waals surface area contributed by atoms with Gasteiger partial charge in [-0.05, 0) is 36.8 Å². The Bertz CT molecular complexity index is 639. The molecule has 2 aliphatic rings. The highest BCUT2D eigenvalue weighted by molar-refractivity contribution is 7.91. The maximum Gasteiger partial charge on any atom is 0.224 e. The number of carbonyl (C=O) groups is 1. The normalized spacial score (nSPS) is 27.0. The van der Waals surface area contributed by atoms with Crippen LogP contribution < -0.4 is 5.32 Å². The van der Waals surface area contributed by atoms with Crippen molar-refractivity contribution in [1.29, 1.82) is 0 Å². The average Bonchev–Trinajstić information content (AvgIpc) is 2.85. The van der Waals surface area contributed by atoms with Crippen LogP contribution in [0.4, 0.5) is 0 Å². The van der Waals surface area contributed by atoms with E-state index in [0.717, 1.165) is 19.3 Å². The highest BCUT2D eigenvalue weighted by Crippen LogP contribution is 2.31. The number of aryl methyl sites for hydroxylation is 1. The number of carbonyl (C=O) groups excluding carboxylic acids is 1. The third-order valence-corrected chi connectivity index (χ3v) is 6.39. The SMILES string of the molecule is O=C(NC[C@H]1CCCc2ccccc21)[C@@H]1CCS(=O)(=O)C1. The van der Waals surface area contributed by atoms with Gasteiger partial charge in [0.2, 0.25) is 5.91 Å². The van der Waals surface area contributed by atoms with E-state index in [1.165, 1.54) is 11.1 Å². The number of hydrogen-bond acceptors (Lipinski definition) is 3. The Morgan fingerprint density at radius 2 is 2.05 bits per heavy atom. The molecule has 1 N–H and O–H groups in total. The molecule has 0 aromatic heterocycles. The maximum atomic E-state index is 12.1. The van der Waals surface area contributed by atoms with Gasteiger partial charge in [-0.15, -0.1) is 0 Å². The Balaban J connectivity index is 1.60. The molecule has 1 heterocycles. The second-order valence-electron chi connectivity index (χ2n) is 6.13. The third kappa shape index (κ3) is 3.28. The monoisotopic (exact) mass is 307 g/mol. The van der Waals surface area contributed by atoms with Crippen molar-refractivity contribution in [3.63, 3.8) is 0 Å². The molecule has 1 aromatic rings. The molecular weight excluding hydrogens is 286 g/mol. The first-order valence-electron chi connectivity index (χ1n) is 7.61. The topological polar surface area (TPSA) is 63.2 Å². The number of benzene rings is 1. The molecule has 1 aliphatic carbocycles. The van der Waals surface area contributed by atoms with Crippen molar-refractivity contribution >= 4 is 15.7 Å². The summed E-state index contributed by atoms with van der Waals surface area (Å²) in [6, 6.07) is 8.41. The Morgan fingerprint density at radius 1 is 1.24 bits per heavy atom. The van der Waals surface area contributed by atoms with Crippen LogP contribution in [0, 0.1) is 5.92 Å². The van der Waals surface area contributed by atoms with Gasteiger partial charge in [0.1, 0.15) is 0 Å². The lowest BCUT2D eigenvalue weighted by molar-refractivity contribution is -0.124.